The number of aryl methyl sites for hydroxylation is 4. The summed E-state index contributed by atoms with van der Waals surface area (Å²) < 4.78 is 9.63. The number of hydrogen-bond acceptors (Lipinski definition) is 6. The first-order valence-corrected chi connectivity index (χ1v) is 12.8. The molecule has 9 nitrogen and oxygen atoms in total. The zero-order chi connectivity index (χ0) is 28.7. The van der Waals surface area contributed by atoms with Crippen LogP contribution in [0.5, 0.6) is 5.88 Å². The van der Waals surface area contributed by atoms with Crippen LogP contribution in [-0.4, -0.2) is 37.1 Å². The first-order chi connectivity index (χ1) is 19.1. The van der Waals surface area contributed by atoms with Gasteiger partial charge in [0.2, 0.25) is 11.7 Å². The van der Waals surface area contributed by atoms with Crippen molar-refractivity contribution in [3.63, 3.8) is 0 Å². The quantitative estimate of drug-likeness (QED) is 0.278. The SMILES string of the molecule is Cc1nn(C)c(OCC(=O)c2ccccc2)c1C(=O)c1ccc2c(c1C)c(=O)n(-c1cccc(Cl)c1)c(=O)n2C. The minimum atomic E-state index is -0.569. The fourth-order valence-corrected chi connectivity index (χ4v) is 5.01. The van der Waals surface area contributed by atoms with Crippen molar-refractivity contribution in [3.05, 3.63) is 121 Å². The summed E-state index contributed by atoms with van der Waals surface area (Å²) >= 11 is 6.13. The van der Waals surface area contributed by atoms with Crippen LogP contribution in [0.3, 0.4) is 0 Å². The Bertz CT molecular complexity index is 1940. The van der Waals surface area contributed by atoms with Gasteiger partial charge in [-0.2, -0.15) is 5.10 Å². The molecule has 0 bridgehead atoms. The van der Waals surface area contributed by atoms with Gasteiger partial charge >= 0.3 is 5.69 Å². The number of ether oxygens (including phenoxy) is 1. The third-order valence-corrected chi connectivity index (χ3v) is 7.08. The number of ketones is 2. The van der Waals surface area contributed by atoms with Crippen molar-refractivity contribution in [1.29, 1.82) is 0 Å². The predicted octanol–water partition coefficient (Wildman–Crippen LogP) is 4.19. The Morgan fingerprint density at radius 2 is 1.68 bits per heavy atom. The summed E-state index contributed by atoms with van der Waals surface area (Å²) in [5.74, 6) is -0.528. The molecule has 0 aliphatic heterocycles. The van der Waals surface area contributed by atoms with Crippen LogP contribution >= 0.6 is 11.6 Å². The molecule has 202 valence electrons. The van der Waals surface area contributed by atoms with Crippen molar-refractivity contribution in [2.45, 2.75) is 13.8 Å². The fraction of sp³-hybridized carbons (Fsp3) is 0.167. The predicted molar refractivity (Wildman–Crippen MR) is 152 cm³/mol. The second kappa shape index (κ2) is 10.4. The normalized spacial score (nSPS) is 11.1. The first-order valence-electron chi connectivity index (χ1n) is 12.4. The molecular weight excluding hydrogens is 532 g/mol. The van der Waals surface area contributed by atoms with Gasteiger partial charge in [-0.3, -0.25) is 19.0 Å². The van der Waals surface area contributed by atoms with Crippen LogP contribution in [0.15, 0.2) is 76.3 Å². The number of aromatic nitrogens is 4. The van der Waals surface area contributed by atoms with Crippen molar-refractivity contribution < 1.29 is 14.3 Å². The maximum atomic E-state index is 13.9. The molecule has 0 unspecified atom stereocenters. The molecular formula is C30H25ClN4O5. The van der Waals surface area contributed by atoms with E-state index in [1.54, 1.807) is 82.5 Å². The van der Waals surface area contributed by atoms with Crippen molar-refractivity contribution in [3.8, 4) is 11.6 Å². The molecule has 10 heteroatoms. The molecule has 2 aromatic heterocycles. The lowest BCUT2D eigenvalue weighted by molar-refractivity contribution is 0.0908. The molecule has 3 aromatic carbocycles. The average Bonchev–Trinajstić information content (AvgIpc) is 3.22. The number of carbonyl (C=O) groups is 2. The molecule has 5 aromatic rings. The molecule has 0 spiro atoms. The van der Waals surface area contributed by atoms with Crippen molar-refractivity contribution in [2.24, 2.45) is 14.1 Å². The summed E-state index contributed by atoms with van der Waals surface area (Å²) in [7, 11) is 3.19. The molecule has 0 aliphatic rings. The van der Waals surface area contributed by atoms with Gasteiger partial charge in [-0.25, -0.2) is 14.0 Å². The lowest BCUT2D eigenvalue weighted by Gasteiger charge is -2.15. The third-order valence-electron chi connectivity index (χ3n) is 6.84. The Labute approximate surface area is 233 Å². The molecule has 0 radical (unpaired) electrons. The first kappa shape index (κ1) is 26.8. The fourth-order valence-electron chi connectivity index (χ4n) is 4.83. The molecule has 0 aliphatic carbocycles. The maximum Gasteiger partial charge on any atom is 0.335 e. The topological polar surface area (TPSA) is 105 Å². The van der Waals surface area contributed by atoms with E-state index in [0.717, 1.165) is 4.57 Å². The largest absolute Gasteiger partial charge is 0.469 e. The van der Waals surface area contributed by atoms with Gasteiger partial charge in [-0.15, -0.1) is 0 Å². The van der Waals surface area contributed by atoms with Crippen LogP contribution in [0.1, 0.15) is 37.5 Å². The summed E-state index contributed by atoms with van der Waals surface area (Å²) in [4.78, 5) is 53.4. The van der Waals surface area contributed by atoms with Crippen LogP contribution in [-0.2, 0) is 14.1 Å². The highest BCUT2D eigenvalue weighted by Gasteiger charge is 2.27. The van der Waals surface area contributed by atoms with Gasteiger partial charge in [0.1, 0.15) is 5.56 Å². The van der Waals surface area contributed by atoms with Gasteiger partial charge < -0.3 is 4.74 Å². The van der Waals surface area contributed by atoms with Gasteiger partial charge in [-0.1, -0.05) is 48.0 Å². The van der Waals surface area contributed by atoms with Gasteiger partial charge in [0, 0.05) is 30.2 Å². The van der Waals surface area contributed by atoms with Gasteiger partial charge in [0.05, 0.1) is 22.3 Å². The van der Waals surface area contributed by atoms with Crippen molar-refractivity contribution in [2.75, 3.05) is 6.61 Å². The number of carbonyl (C=O) groups excluding carboxylic acids is 2. The Morgan fingerprint density at radius 1 is 0.950 bits per heavy atom. The third kappa shape index (κ3) is 4.54. The van der Waals surface area contributed by atoms with E-state index in [1.165, 1.54) is 15.3 Å². The van der Waals surface area contributed by atoms with E-state index in [9.17, 15) is 19.2 Å². The molecule has 0 fully saturated rings. The van der Waals surface area contributed by atoms with Crippen molar-refractivity contribution >= 4 is 34.1 Å². The summed E-state index contributed by atoms with van der Waals surface area (Å²) in [5.41, 5.74) is 1.32. The van der Waals surface area contributed by atoms with Gasteiger partial charge in [-0.05, 0) is 49.7 Å². The smallest absolute Gasteiger partial charge is 0.335 e. The van der Waals surface area contributed by atoms with E-state index >= 15 is 0 Å². The number of Topliss-reactive ketones (excluding diaryl/α,β-unsaturated/α-hetero) is 1. The zero-order valence-corrected chi connectivity index (χ0v) is 23.0. The van der Waals surface area contributed by atoms with Crippen LogP contribution in [0.2, 0.25) is 5.02 Å². The summed E-state index contributed by atoms with van der Waals surface area (Å²) in [6.07, 6.45) is 0. The number of hydrogen-bond donors (Lipinski definition) is 0. The molecule has 2 heterocycles. The Balaban J connectivity index is 1.61. The second-order valence-corrected chi connectivity index (χ2v) is 9.83. The van der Waals surface area contributed by atoms with Gasteiger partial charge in [0.15, 0.2) is 12.4 Å². The Morgan fingerprint density at radius 3 is 2.38 bits per heavy atom. The second-order valence-electron chi connectivity index (χ2n) is 9.39. The van der Waals surface area contributed by atoms with E-state index in [0.29, 0.717) is 33.0 Å². The highest BCUT2D eigenvalue weighted by molar-refractivity contribution is 6.30. The maximum absolute atomic E-state index is 13.9. The van der Waals surface area contributed by atoms with E-state index in [4.69, 9.17) is 16.3 Å². The Hall–Kier alpha value is -4.76. The zero-order valence-electron chi connectivity index (χ0n) is 22.3. The number of benzene rings is 3. The van der Waals surface area contributed by atoms with E-state index < -0.39 is 17.0 Å². The summed E-state index contributed by atoms with van der Waals surface area (Å²) in [6.45, 7) is 3.05. The molecule has 0 N–H and O–H groups in total. The molecule has 0 saturated carbocycles. The average molecular weight is 557 g/mol. The monoisotopic (exact) mass is 556 g/mol. The highest BCUT2D eigenvalue weighted by atomic mass is 35.5. The molecule has 0 amide bonds. The Kier molecular flexibility index (Phi) is 6.99. The minimum Gasteiger partial charge on any atom is -0.469 e. The van der Waals surface area contributed by atoms with Crippen molar-refractivity contribution in [1.82, 2.24) is 18.9 Å². The number of nitrogens with zero attached hydrogens (tertiary/aromatic N) is 4. The number of halogens is 1. The summed E-state index contributed by atoms with van der Waals surface area (Å²) in [5, 5.41) is 4.93. The van der Waals surface area contributed by atoms with Crippen LogP contribution in [0, 0.1) is 13.8 Å². The molecule has 0 saturated heterocycles. The molecule has 40 heavy (non-hydrogen) atoms. The number of fused-ring (bicyclic) bond motifs is 1. The molecule has 5 rings (SSSR count). The number of rotatable bonds is 7. The van der Waals surface area contributed by atoms with Crippen LogP contribution in [0.4, 0.5) is 0 Å². The van der Waals surface area contributed by atoms with Crippen LogP contribution in [0.25, 0.3) is 16.6 Å². The highest BCUT2D eigenvalue weighted by Crippen LogP contribution is 2.28. The van der Waals surface area contributed by atoms with Gasteiger partial charge in [0.25, 0.3) is 5.56 Å². The van der Waals surface area contributed by atoms with Crippen LogP contribution < -0.4 is 16.0 Å². The lowest BCUT2D eigenvalue weighted by Crippen LogP contribution is -2.38. The van der Waals surface area contributed by atoms with E-state index in [1.807, 2.05) is 6.07 Å². The standard InChI is InChI=1S/C30H25ClN4O5/c1-17-22(13-14-23-25(17)28(38)35(30(39)33(23)3)21-12-8-11-20(31)15-21)27(37)26-18(2)32-34(4)29(26)40-16-24(36)19-9-6-5-7-10-19/h5-15H,16H2,1-4H3. The lowest BCUT2D eigenvalue weighted by atomic mass is 9.96. The minimum absolute atomic E-state index is 0.142. The molecule has 0 atom stereocenters. The summed E-state index contributed by atoms with van der Waals surface area (Å²) in [6, 6.07) is 18.3. The van der Waals surface area contributed by atoms with E-state index in [2.05, 4.69) is 5.10 Å². The van der Waals surface area contributed by atoms with E-state index in [-0.39, 0.29) is 34.8 Å².